The van der Waals surface area contributed by atoms with Crippen LogP contribution in [0.25, 0.3) is 0 Å². The molecule has 5 aliphatic carbocycles. The second-order valence-corrected chi connectivity index (χ2v) is 44.9. The Hall–Kier alpha value is -2.87. The molecule has 148 heavy (non-hydrogen) atoms. The third kappa shape index (κ3) is 21.7. The van der Waals surface area contributed by atoms with E-state index in [1.807, 2.05) is 6.92 Å². The maximum absolute atomic E-state index is 15.5. The Balaban J connectivity index is 0.526. The van der Waals surface area contributed by atoms with Crippen LogP contribution in [0.4, 0.5) is 0 Å². The van der Waals surface area contributed by atoms with Crippen molar-refractivity contribution in [2.75, 3.05) is 59.5 Å². The molecule has 0 aromatic rings. The molecule has 16 rings (SSSR count). The molecule has 0 radical (unpaired) electrons. The molecule has 0 amide bonds. The number of hydrogen-bond acceptors (Lipinski definition) is 54. The van der Waals surface area contributed by atoms with E-state index in [-0.39, 0.29) is 17.3 Å². The lowest BCUT2D eigenvalue weighted by Gasteiger charge is -2.71. The fourth-order valence-corrected chi connectivity index (χ4v) is 25.9. The van der Waals surface area contributed by atoms with Crippen molar-refractivity contribution in [2.45, 2.75) is 458 Å². The number of rotatable bonds is 29. The van der Waals surface area contributed by atoms with Gasteiger partial charge in [-0.15, -0.1) is 0 Å². The van der Waals surface area contributed by atoms with Gasteiger partial charge in [-0.05, 0) is 124 Å². The van der Waals surface area contributed by atoms with E-state index in [9.17, 15) is 158 Å². The number of carbonyl (C=O) groups is 1. The fourth-order valence-electron chi connectivity index (χ4n) is 25.9. The van der Waals surface area contributed by atoms with Crippen molar-refractivity contribution in [3.05, 3.63) is 11.6 Å². The smallest absolute Gasteiger partial charge is 0.315 e. The fraction of sp³-hybridized carbons (Fsp3) is 0.968. The Morgan fingerprint density at radius 3 is 1.31 bits per heavy atom. The molecule has 0 bridgehead atoms. The summed E-state index contributed by atoms with van der Waals surface area (Å²) in [6, 6.07) is 0. The lowest BCUT2D eigenvalue weighted by atomic mass is 9.33. The number of carbonyl (C=O) groups excluding carboxylic acids is 1. The summed E-state index contributed by atoms with van der Waals surface area (Å²) in [5.74, 6) is -1.36. The number of aliphatic hydroxyl groups excluding tert-OH is 31. The highest BCUT2D eigenvalue weighted by molar-refractivity contribution is 5.79. The quantitative estimate of drug-likeness (QED) is 0.0188. The number of allylic oxidation sites excluding steroid dienone is 2. The van der Waals surface area contributed by atoms with E-state index in [2.05, 4.69) is 40.7 Å². The molecule has 0 spiro atoms. The normalized spacial score (nSPS) is 55.2. The summed E-state index contributed by atoms with van der Waals surface area (Å²) < 4.78 is 130. The van der Waals surface area contributed by atoms with Gasteiger partial charge in [0.05, 0.1) is 89.3 Å². The van der Waals surface area contributed by atoms with Gasteiger partial charge in [-0.2, -0.15) is 0 Å². The first kappa shape index (κ1) is 118. The average molecular weight is 2150 g/mol. The van der Waals surface area contributed by atoms with Crippen molar-refractivity contribution in [3.63, 3.8) is 0 Å². The van der Waals surface area contributed by atoms with E-state index >= 15 is 4.79 Å². The van der Waals surface area contributed by atoms with Crippen molar-refractivity contribution in [2.24, 2.45) is 50.2 Å². The Labute approximate surface area is 849 Å². The van der Waals surface area contributed by atoms with Gasteiger partial charge in [0.25, 0.3) is 0 Å². The third-order valence-electron chi connectivity index (χ3n) is 35.4. The standard InChI is InChI=1S/C94H154O54/c1-30-46(101)55(110)63(118)79(131-30)142-71-38(23-97)136-77(67(122)60(71)115)128-26-40-51(106)58(113)66(121)83(140-40)148-88(126)94-18-16-89(4,5)20-34(94)33-10-11-44-90(6)14-13-45(91(7,29-99)43(90)12-15-93(44,9)92(33,8)17-19-94)141-87-75(49(104)35(100)25-127-87)146-84-69(124)73(48(103)32(3)132-84)144-78-62(117)53(108)42(27-129-78)138-80-68(123)61(116)72(39(24-98)137-80)143-85-70(125)74(54(109)37(22-96)135-85)145-82-65(120)57(112)52(107)41(139-82)28-130-86-76(59(114)47(102)31(2)133-86)147-81-64(119)56(111)50(105)36(21-95)134-81/h10,30-32,34-87,95-125H,11-29H2,1-9H3. The number of esters is 1. The molecule has 16 aliphatic rings. The van der Waals surface area contributed by atoms with Crippen LogP contribution in [0.15, 0.2) is 11.6 Å². The van der Waals surface area contributed by atoms with Gasteiger partial charge < -0.3 is 263 Å². The van der Waals surface area contributed by atoms with Crippen molar-refractivity contribution >= 4 is 5.97 Å². The molecule has 15 fully saturated rings. The molecular weight excluding hydrogens is 1990 g/mol. The van der Waals surface area contributed by atoms with Crippen molar-refractivity contribution in [1.82, 2.24) is 0 Å². The highest BCUT2D eigenvalue weighted by Crippen LogP contribution is 2.76. The highest BCUT2D eigenvalue weighted by atomic mass is 16.8. The summed E-state index contributed by atoms with van der Waals surface area (Å²) >= 11 is 0. The zero-order valence-electron chi connectivity index (χ0n) is 83.2. The van der Waals surface area contributed by atoms with Crippen molar-refractivity contribution < 1.29 is 267 Å². The molecule has 11 saturated heterocycles. The summed E-state index contributed by atoms with van der Waals surface area (Å²) in [4.78, 5) is 15.5. The van der Waals surface area contributed by atoms with Gasteiger partial charge in [0.1, 0.15) is 238 Å². The lowest BCUT2D eigenvalue weighted by Crippen LogP contribution is -2.67. The molecule has 54 nitrogen and oxygen atoms in total. The van der Waals surface area contributed by atoms with Gasteiger partial charge in [0.15, 0.2) is 62.9 Å². The van der Waals surface area contributed by atoms with Gasteiger partial charge >= 0.3 is 5.97 Å². The summed E-state index contributed by atoms with van der Waals surface area (Å²) in [5, 5.41) is 345. The minimum Gasteiger partial charge on any atom is -0.432 e. The lowest BCUT2D eigenvalue weighted by molar-refractivity contribution is -0.392. The summed E-state index contributed by atoms with van der Waals surface area (Å²) in [6.07, 6.45) is -90.9. The minimum absolute atomic E-state index is 0.0264. The molecule has 854 valence electrons. The molecule has 11 heterocycles. The van der Waals surface area contributed by atoms with Crippen LogP contribution in [0.5, 0.6) is 0 Å². The topological polar surface area (TPSA) is 847 Å². The van der Waals surface area contributed by atoms with E-state index < -0.39 is 430 Å². The summed E-state index contributed by atoms with van der Waals surface area (Å²) in [7, 11) is 0. The number of fused-ring (bicyclic) bond motifs is 7. The first-order valence-electron chi connectivity index (χ1n) is 51.0. The molecule has 62 atom stereocenters. The van der Waals surface area contributed by atoms with Crippen molar-refractivity contribution in [1.29, 1.82) is 0 Å². The Morgan fingerprint density at radius 2 is 0.736 bits per heavy atom. The number of aliphatic hydroxyl groups is 31. The van der Waals surface area contributed by atoms with E-state index in [4.69, 9.17) is 104 Å². The van der Waals surface area contributed by atoms with Crippen LogP contribution >= 0.6 is 0 Å². The van der Waals surface area contributed by atoms with Crippen LogP contribution < -0.4 is 0 Å². The average Bonchev–Trinajstić information content (AvgIpc) is 0.671. The van der Waals surface area contributed by atoms with Crippen LogP contribution in [0.3, 0.4) is 0 Å². The number of ether oxygens (including phenoxy) is 22. The van der Waals surface area contributed by atoms with E-state index in [1.165, 1.54) is 20.8 Å². The largest absolute Gasteiger partial charge is 0.432 e. The maximum atomic E-state index is 15.5. The molecule has 0 aromatic heterocycles. The minimum atomic E-state index is -2.27. The first-order valence-corrected chi connectivity index (χ1v) is 51.0. The second kappa shape index (κ2) is 46.4. The Kier molecular flexibility index (Phi) is 36.9. The van der Waals surface area contributed by atoms with Crippen LogP contribution in [0, 0.1) is 50.2 Å². The predicted octanol–water partition coefficient (Wildman–Crippen LogP) is -13.9. The van der Waals surface area contributed by atoms with Gasteiger partial charge in [-0.3, -0.25) is 4.79 Å². The SMILES string of the molecule is CC1OC(OC2C(CO)OC(OCC3OC(OC(=O)C45CCC(C)(C)CC4C4=CCC6C7(C)CCC(OC8OCC(O)C(O)C8OC8OC(C)C(O)C(OC9OCC(OC%10OC(CO)C(OC%11OC(CO)C(O)C(OC%12OC(COC%13OC(C)C(O)C(O)C%13OC%13OC(CO)C(O)C(O)C%13O)C(O)C(O)C%12O)C%11O)C(O)C%10O)C(O)C9O)C8O)C(C)(CO)C7CCC6(C)C4(C)CC5)C(O)C(O)C3O)C(O)C2O)C(O)C(O)C1O. The molecule has 62 unspecified atom stereocenters. The molecular formula is C94H154O54. The summed E-state index contributed by atoms with van der Waals surface area (Å²) in [5.41, 5.74) is -2.87. The third-order valence-corrected chi connectivity index (χ3v) is 35.4. The van der Waals surface area contributed by atoms with E-state index in [0.717, 1.165) is 5.57 Å². The molecule has 0 aromatic carbocycles. The van der Waals surface area contributed by atoms with Crippen molar-refractivity contribution in [3.8, 4) is 0 Å². The van der Waals surface area contributed by atoms with Gasteiger partial charge in [-0.25, -0.2) is 0 Å². The van der Waals surface area contributed by atoms with Gasteiger partial charge in [0.2, 0.25) is 6.29 Å². The highest BCUT2D eigenvalue weighted by Gasteiger charge is 2.72. The zero-order chi connectivity index (χ0) is 108. The monoisotopic (exact) mass is 2150 g/mol. The predicted molar refractivity (Wildman–Crippen MR) is 476 cm³/mol. The first-order chi connectivity index (χ1) is 69.7. The van der Waals surface area contributed by atoms with Crippen LogP contribution in [0.2, 0.25) is 0 Å². The van der Waals surface area contributed by atoms with Gasteiger partial charge in [0, 0.05) is 5.41 Å². The number of hydrogen-bond donors (Lipinski definition) is 31. The zero-order valence-corrected chi connectivity index (χ0v) is 83.2. The molecule has 54 heteroatoms. The van der Waals surface area contributed by atoms with E-state index in [0.29, 0.717) is 64.2 Å². The molecule has 11 aliphatic heterocycles. The second-order valence-electron chi connectivity index (χ2n) is 44.9. The van der Waals surface area contributed by atoms with Crippen LogP contribution in [0.1, 0.15) is 127 Å². The Morgan fingerprint density at radius 1 is 0.331 bits per heavy atom. The van der Waals surface area contributed by atoms with Crippen LogP contribution in [-0.4, -0.2) is 555 Å². The van der Waals surface area contributed by atoms with E-state index in [1.54, 1.807) is 0 Å². The summed E-state index contributed by atoms with van der Waals surface area (Å²) in [6.45, 7) is 10.0. The molecule has 31 N–H and O–H groups in total. The van der Waals surface area contributed by atoms with Gasteiger partial charge in [-0.1, -0.05) is 53.2 Å². The maximum Gasteiger partial charge on any atom is 0.315 e. The van der Waals surface area contributed by atoms with Crippen LogP contribution in [-0.2, 0) is 109 Å². The molecule has 4 saturated carbocycles. The Bertz CT molecular complexity index is 4330.